The Morgan fingerprint density at radius 1 is 1.32 bits per heavy atom. The van der Waals surface area contributed by atoms with Gasteiger partial charge in [0.05, 0.1) is 12.4 Å². The third kappa shape index (κ3) is 4.08. The molecule has 2 atom stereocenters. The number of halogens is 3. The van der Waals surface area contributed by atoms with Crippen molar-refractivity contribution in [3.05, 3.63) is 73.8 Å². The maximum Gasteiger partial charge on any atom is 0.434 e. The topological polar surface area (TPSA) is 99.5 Å². The number of sulfonamides is 1. The summed E-state index contributed by atoms with van der Waals surface area (Å²) in [5, 5.41) is 6.80. The van der Waals surface area contributed by atoms with Crippen molar-refractivity contribution < 1.29 is 17.2 Å². The smallest absolute Gasteiger partial charge is 0.391 e. The summed E-state index contributed by atoms with van der Waals surface area (Å²) in [5.41, 5.74) is 2.80. The van der Waals surface area contributed by atoms with Gasteiger partial charge in [0, 0.05) is 23.3 Å². The first-order valence-corrected chi connectivity index (χ1v) is 13.3. The normalized spacial score (nSPS) is 17.4. The lowest BCUT2D eigenvalue weighted by Crippen LogP contribution is -2.48. The highest BCUT2D eigenvalue weighted by Crippen LogP contribution is 2.45. The van der Waals surface area contributed by atoms with Crippen LogP contribution < -0.4 is 10.7 Å². The number of benzene rings is 2. The summed E-state index contributed by atoms with van der Waals surface area (Å²) in [6.45, 7) is 5.24. The first kappa shape index (κ1) is 24.9. The number of anilines is 1. The van der Waals surface area contributed by atoms with E-state index in [4.69, 9.17) is 16.0 Å². The van der Waals surface area contributed by atoms with Gasteiger partial charge in [0.15, 0.2) is 0 Å². The van der Waals surface area contributed by atoms with Crippen molar-refractivity contribution in [2.75, 3.05) is 18.6 Å². The van der Waals surface area contributed by atoms with Crippen molar-refractivity contribution in [3.63, 3.8) is 0 Å². The molecule has 8 nitrogen and oxygen atoms in total. The van der Waals surface area contributed by atoms with Gasteiger partial charge in [-0.1, -0.05) is 40.5 Å². The molecular weight excluding hydrogens is 551 g/mol. The Morgan fingerprint density at radius 2 is 2.03 bits per heavy atom. The van der Waals surface area contributed by atoms with Crippen LogP contribution in [0.2, 0.25) is 5.02 Å². The highest BCUT2D eigenvalue weighted by atomic mass is 79.9. The molecule has 0 bridgehead atoms. The Bertz CT molecular complexity index is 1420. The number of H-pyrrole nitrogens is 1. The summed E-state index contributed by atoms with van der Waals surface area (Å²) in [6.07, 6.45) is 0. The van der Waals surface area contributed by atoms with Crippen LogP contribution in [0.1, 0.15) is 47.0 Å². The molecule has 3 aromatic rings. The second kappa shape index (κ2) is 9.10. The number of aryl methyl sites for hydroxylation is 1. The van der Waals surface area contributed by atoms with Crippen molar-refractivity contribution in [2.24, 2.45) is 0 Å². The van der Waals surface area contributed by atoms with Crippen LogP contribution in [-0.2, 0) is 15.4 Å². The second-order valence-corrected chi connectivity index (χ2v) is 11.2. The van der Waals surface area contributed by atoms with E-state index in [2.05, 4.69) is 26.1 Å². The van der Waals surface area contributed by atoms with Crippen molar-refractivity contribution >= 4 is 43.2 Å². The highest BCUT2D eigenvalue weighted by molar-refractivity contribution is 9.08. The summed E-state index contributed by atoms with van der Waals surface area (Å²) in [4.78, 5) is 13.6. The summed E-state index contributed by atoms with van der Waals surface area (Å²) >= 11 is 9.59. The lowest BCUT2D eigenvalue weighted by atomic mass is 9.87. The molecule has 0 saturated carbocycles. The molecule has 0 saturated heterocycles. The number of fused-ring (bicyclic) bond motifs is 1. The molecule has 1 aliphatic heterocycles. The van der Waals surface area contributed by atoms with Gasteiger partial charge in [0.2, 0.25) is 15.9 Å². The minimum atomic E-state index is -4.14. The highest BCUT2D eigenvalue weighted by Gasteiger charge is 2.45. The lowest BCUT2D eigenvalue weighted by Gasteiger charge is -2.41. The van der Waals surface area contributed by atoms with Crippen LogP contribution in [0.3, 0.4) is 0 Å². The Kier molecular flexibility index (Phi) is 6.67. The van der Waals surface area contributed by atoms with E-state index in [1.165, 1.54) is 10.4 Å². The van der Waals surface area contributed by atoms with Crippen molar-refractivity contribution in [2.45, 2.75) is 43.0 Å². The summed E-state index contributed by atoms with van der Waals surface area (Å²) < 4.78 is 49.6. The van der Waals surface area contributed by atoms with Gasteiger partial charge in [0.1, 0.15) is 16.8 Å². The molecule has 182 valence electrons. The Morgan fingerprint density at radius 3 is 2.65 bits per heavy atom. The number of hydrogen-bond donors (Lipinski definition) is 1. The van der Waals surface area contributed by atoms with Crippen LogP contribution in [0.15, 0.2) is 38.4 Å². The van der Waals surface area contributed by atoms with Gasteiger partial charge >= 0.3 is 5.76 Å². The second-order valence-electron chi connectivity index (χ2n) is 8.37. The molecule has 4 rings (SSSR count). The van der Waals surface area contributed by atoms with Gasteiger partial charge in [-0.25, -0.2) is 22.7 Å². The molecule has 2 heterocycles. The van der Waals surface area contributed by atoms with Crippen LogP contribution in [0.4, 0.5) is 10.1 Å². The number of nitrogens with zero attached hydrogens (tertiary/aromatic N) is 3. The lowest BCUT2D eigenvalue weighted by molar-refractivity contribution is 0.237. The molecule has 2 aromatic carbocycles. The Labute approximate surface area is 209 Å². The molecule has 1 aromatic heterocycles. The number of rotatable bonds is 5. The van der Waals surface area contributed by atoms with E-state index in [-0.39, 0.29) is 22.8 Å². The molecule has 0 amide bonds. The first-order chi connectivity index (χ1) is 16.0. The summed E-state index contributed by atoms with van der Waals surface area (Å²) in [5.74, 6) is -2.19. The van der Waals surface area contributed by atoms with E-state index in [0.29, 0.717) is 27.4 Å². The average molecular weight is 574 g/mol. The monoisotopic (exact) mass is 572 g/mol. The van der Waals surface area contributed by atoms with Gasteiger partial charge in [-0.05, 0) is 54.3 Å². The van der Waals surface area contributed by atoms with Crippen molar-refractivity contribution in [3.8, 4) is 0 Å². The fourth-order valence-electron chi connectivity index (χ4n) is 4.51. The zero-order valence-electron chi connectivity index (χ0n) is 18.9. The minimum Gasteiger partial charge on any atom is -0.391 e. The molecule has 1 N–H and O–H groups in total. The van der Waals surface area contributed by atoms with Gasteiger partial charge in [-0.15, -0.1) is 5.10 Å². The van der Waals surface area contributed by atoms with Crippen molar-refractivity contribution in [1.29, 1.82) is 0 Å². The quantitative estimate of drug-likeness (QED) is 0.448. The molecule has 0 fully saturated rings. The number of aromatic amines is 1. The number of aromatic nitrogens is 2. The SMILES string of the molecule is Cc1ccc(F)c(C(C)[C@@H](c2n[nH]c(=O)o2)N2CN(C)c3cc(Cl)cc(CBr)c3S2(=O)=O)c1C. The van der Waals surface area contributed by atoms with Crippen molar-refractivity contribution in [1.82, 2.24) is 14.5 Å². The van der Waals surface area contributed by atoms with Crippen LogP contribution in [0.25, 0.3) is 0 Å². The predicted molar refractivity (Wildman–Crippen MR) is 131 cm³/mol. The fourth-order valence-corrected chi connectivity index (χ4v) is 7.44. The van der Waals surface area contributed by atoms with E-state index < -0.39 is 33.6 Å². The predicted octanol–water partition coefficient (Wildman–Crippen LogP) is 4.61. The number of hydrogen-bond acceptors (Lipinski definition) is 6. The largest absolute Gasteiger partial charge is 0.434 e. The third-order valence-corrected chi connectivity index (χ3v) is 9.03. The zero-order valence-corrected chi connectivity index (χ0v) is 22.1. The number of alkyl halides is 1. The standard InChI is InChI=1S/C22H23BrClFN4O4S/c1-11-5-6-16(25)18(12(11)2)13(3)19(21-26-27-22(30)33-21)29-10-28(4)17-8-15(24)7-14(9-23)20(17)34(29,31)32/h5-8,13,19H,9-10H2,1-4H3,(H,27,30)/t13?,19-/m0/s1. The maximum atomic E-state index is 15.1. The molecule has 0 radical (unpaired) electrons. The maximum absolute atomic E-state index is 15.1. The minimum absolute atomic E-state index is 0.0824. The Balaban J connectivity index is 1.96. The first-order valence-electron chi connectivity index (χ1n) is 10.4. The molecule has 0 spiro atoms. The molecule has 1 unspecified atom stereocenters. The molecule has 1 aliphatic rings. The van der Waals surface area contributed by atoms with E-state index in [9.17, 15) is 13.2 Å². The molecule has 12 heteroatoms. The molecular formula is C22H23BrClFN4O4S. The van der Waals surface area contributed by atoms with E-state index in [1.54, 1.807) is 44.0 Å². The average Bonchev–Trinajstić information content (AvgIpc) is 3.20. The molecule has 0 aliphatic carbocycles. The van der Waals surface area contributed by atoms with Crippen LogP contribution in [0.5, 0.6) is 0 Å². The van der Waals surface area contributed by atoms with E-state index in [0.717, 1.165) is 5.56 Å². The molecule has 34 heavy (non-hydrogen) atoms. The van der Waals surface area contributed by atoms with Crippen LogP contribution in [-0.4, -0.2) is 36.6 Å². The van der Waals surface area contributed by atoms with Gasteiger partial charge in [0.25, 0.3) is 0 Å². The van der Waals surface area contributed by atoms with E-state index in [1.807, 2.05) is 6.92 Å². The van der Waals surface area contributed by atoms with Gasteiger partial charge in [-0.3, -0.25) is 0 Å². The van der Waals surface area contributed by atoms with Gasteiger partial charge in [-0.2, -0.15) is 4.31 Å². The third-order valence-electron chi connectivity index (χ3n) is 6.26. The fraction of sp³-hybridized carbons (Fsp3) is 0.364. The summed E-state index contributed by atoms with van der Waals surface area (Å²) in [7, 11) is -2.41. The van der Waals surface area contributed by atoms with Crippen LogP contribution >= 0.6 is 27.5 Å². The Hall–Kier alpha value is -2.21. The number of nitrogens with one attached hydrogen (secondary N) is 1. The van der Waals surface area contributed by atoms with Crippen LogP contribution in [0, 0.1) is 19.7 Å². The van der Waals surface area contributed by atoms with Gasteiger partial charge < -0.3 is 9.32 Å². The van der Waals surface area contributed by atoms with E-state index >= 15 is 4.39 Å². The summed E-state index contributed by atoms with van der Waals surface area (Å²) in [6, 6.07) is 5.09. The zero-order chi connectivity index (χ0) is 24.9.